The standard InChI is InChI=1S/C26H40O3/c1-17(2)14-25-12-5-4-6-19(25)7-8-20-22-10-9-21(18-15-26(27,28)29-16-18)24(22,3)13-11-23(20)25/h14-15,19-23,27-28H,4-13,16H2,1-3H3/t19-,20-,21+,22-,23-,24+,25+/m0/s1. The summed E-state index contributed by atoms with van der Waals surface area (Å²) in [6.45, 7) is 7.52. The second kappa shape index (κ2) is 6.93. The second-order valence-electron chi connectivity index (χ2n) is 11.6. The van der Waals surface area contributed by atoms with Gasteiger partial charge in [0.25, 0.3) is 5.97 Å². The van der Waals surface area contributed by atoms with Gasteiger partial charge in [-0.25, -0.2) is 0 Å². The number of fused-ring (bicyclic) bond motifs is 5. The largest absolute Gasteiger partial charge is 0.340 e. The first-order valence-electron chi connectivity index (χ1n) is 12.2. The van der Waals surface area contributed by atoms with Crippen molar-refractivity contribution in [1.82, 2.24) is 0 Å². The third kappa shape index (κ3) is 3.10. The van der Waals surface area contributed by atoms with E-state index in [1.54, 1.807) is 6.08 Å². The summed E-state index contributed by atoms with van der Waals surface area (Å²) in [5, 5.41) is 19.8. The SMILES string of the molecule is CC(C)=C[C@]12CCCC[C@H]1CC[C@H]1[C@@H]3CC[C@H](C4=CC(O)(O)OC4)[C@@]3(C)CC[C@@H]12. The van der Waals surface area contributed by atoms with Crippen LogP contribution in [0.25, 0.3) is 0 Å². The number of hydrogen-bond acceptors (Lipinski definition) is 3. The topological polar surface area (TPSA) is 49.7 Å². The van der Waals surface area contributed by atoms with E-state index in [0.717, 1.165) is 29.2 Å². The Morgan fingerprint density at radius 3 is 2.55 bits per heavy atom. The Hall–Kier alpha value is -0.640. The van der Waals surface area contributed by atoms with E-state index in [0.29, 0.717) is 23.4 Å². The molecule has 0 aromatic carbocycles. The van der Waals surface area contributed by atoms with E-state index in [4.69, 9.17) is 4.74 Å². The van der Waals surface area contributed by atoms with Crippen LogP contribution in [0, 0.1) is 40.4 Å². The maximum Gasteiger partial charge on any atom is 0.300 e. The highest BCUT2D eigenvalue weighted by molar-refractivity contribution is 5.24. The third-order valence-electron chi connectivity index (χ3n) is 9.98. The van der Waals surface area contributed by atoms with Crippen molar-refractivity contribution in [2.24, 2.45) is 40.4 Å². The fraction of sp³-hybridized carbons (Fsp3) is 0.846. The Morgan fingerprint density at radius 2 is 1.83 bits per heavy atom. The van der Waals surface area contributed by atoms with Crippen molar-refractivity contribution < 1.29 is 14.9 Å². The molecule has 5 rings (SSSR count). The molecule has 3 nitrogen and oxygen atoms in total. The van der Waals surface area contributed by atoms with Gasteiger partial charge in [0.1, 0.15) is 0 Å². The predicted molar refractivity (Wildman–Crippen MR) is 115 cm³/mol. The van der Waals surface area contributed by atoms with Gasteiger partial charge in [0.2, 0.25) is 0 Å². The average molecular weight is 401 g/mol. The van der Waals surface area contributed by atoms with Gasteiger partial charge in [0, 0.05) is 6.08 Å². The molecule has 29 heavy (non-hydrogen) atoms. The van der Waals surface area contributed by atoms with Crippen molar-refractivity contribution in [3.63, 3.8) is 0 Å². The molecule has 1 heterocycles. The van der Waals surface area contributed by atoms with Gasteiger partial charge in [-0.1, -0.05) is 31.4 Å². The molecular formula is C26H40O3. The summed E-state index contributed by atoms with van der Waals surface area (Å²) >= 11 is 0. The lowest BCUT2D eigenvalue weighted by molar-refractivity contribution is -0.288. The third-order valence-corrected chi connectivity index (χ3v) is 9.98. The molecule has 0 saturated heterocycles. The zero-order valence-corrected chi connectivity index (χ0v) is 18.6. The molecule has 0 amide bonds. The minimum Gasteiger partial charge on any atom is -0.340 e. The monoisotopic (exact) mass is 400 g/mol. The lowest BCUT2D eigenvalue weighted by Gasteiger charge is -2.61. The van der Waals surface area contributed by atoms with Crippen molar-refractivity contribution in [3.05, 3.63) is 23.3 Å². The minimum atomic E-state index is -2.05. The van der Waals surface area contributed by atoms with E-state index in [1.165, 1.54) is 69.8 Å². The first-order chi connectivity index (χ1) is 13.8. The molecule has 0 aromatic heterocycles. The number of hydrogen-bond donors (Lipinski definition) is 2. The van der Waals surface area contributed by atoms with Gasteiger partial charge in [-0.2, -0.15) is 0 Å². The second-order valence-corrected chi connectivity index (χ2v) is 11.6. The molecule has 0 bridgehead atoms. The Labute approximate surface area is 176 Å². The Balaban J connectivity index is 1.46. The zero-order chi connectivity index (χ0) is 20.4. The molecule has 4 fully saturated rings. The first kappa shape index (κ1) is 20.3. The van der Waals surface area contributed by atoms with Gasteiger partial charge in [-0.3, -0.25) is 0 Å². The quantitative estimate of drug-likeness (QED) is 0.470. The van der Waals surface area contributed by atoms with Crippen molar-refractivity contribution >= 4 is 0 Å². The molecule has 0 unspecified atom stereocenters. The van der Waals surface area contributed by atoms with E-state index in [1.807, 2.05) is 0 Å². The Bertz CT molecular complexity index is 717. The highest BCUT2D eigenvalue weighted by Gasteiger charge is 2.61. The van der Waals surface area contributed by atoms with Crippen LogP contribution in [0.5, 0.6) is 0 Å². The molecule has 0 aromatic rings. The average Bonchev–Trinajstić information content (AvgIpc) is 3.19. The molecular weight excluding hydrogens is 360 g/mol. The summed E-state index contributed by atoms with van der Waals surface area (Å²) in [5.74, 6) is 1.80. The van der Waals surface area contributed by atoms with Gasteiger partial charge in [-0.05, 0) is 111 Å². The van der Waals surface area contributed by atoms with Gasteiger partial charge < -0.3 is 14.9 Å². The molecule has 2 N–H and O–H groups in total. The van der Waals surface area contributed by atoms with Crippen LogP contribution >= 0.6 is 0 Å². The summed E-state index contributed by atoms with van der Waals surface area (Å²) < 4.78 is 5.24. The highest BCUT2D eigenvalue weighted by atomic mass is 16.8. The maximum atomic E-state index is 9.89. The molecule has 4 aliphatic carbocycles. The van der Waals surface area contributed by atoms with E-state index in [-0.39, 0.29) is 0 Å². The van der Waals surface area contributed by atoms with Crippen LogP contribution in [-0.4, -0.2) is 22.8 Å². The molecule has 0 spiro atoms. The Kier molecular flexibility index (Phi) is 4.85. The van der Waals surface area contributed by atoms with E-state index in [2.05, 4.69) is 26.8 Å². The summed E-state index contributed by atoms with van der Waals surface area (Å²) in [4.78, 5) is 0. The van der Waals surface area contributed by atoms with Gasteiger partial charge in [-0.15, -0.1) is 0 Å². The van der Waals surface area contributed by atoms with Gasteiger partial charge in [0.05, 0.1) is 6.61 Å². The molecule has 162 valence electrons. The predicted octanol–water partition coefficient (Wildman–Crippen LogP) is 5.58. The van der Waals surface area contributed by atoms with Crippen LogP contribution in [-0.2, 0) is 4.74 Å². The number of allylic oxidation sites excluding steroid dienone is 2. The summed E-state index contributed by atoms with van der Waals surface area (Å²) in [7, 11) is 0. The molecule has 1 aliphatic heterocycles. The van der Waals surface area contributed by atoms with Crippen LogP contribution < -0.4 is 0 Å². The lowest BCUT2D eigenvalue weighted by atomic mass is 9.44. The van der Waals surface area contributed by atoms with E-state index in [9.17, 15) is 10.2 Å². The molecule has 4 saturated carbocycles. The molecule has 0 radical (unpaired) electrons. The van der Waals surface area contributed by atoms with Crippen LogP contribution in [0.3, 0.4) is 0 Å². The van der Waals surface area contributed by atoms with Crippen molar-refractivity contribution in [2.75, 3.05) is 6.61 Å². The number of ether oxygens (including phenoxy) is 1. The van der Waals surface area contributed by atoms with Gasteiger partial charge in [0.15, 0.2) is 0 Å². The fourth-order valence-corrected chi connectivity index (χ4v) is 9.11. The van der Waals surface area contributed by atoms with E-state index < -0.39 is 5.97 Å². The maximum absolute atomic E-state index is 9.89. The van der Waals surface area contributed by atoms with Crippen LogP contribution in [0.4, 0.5) is 0 Å². The summed E-state index contributed by atoms with van der Waals surface area (Å²) in [6, 6.07) is 0. The van der Waals surface area contributed by atoms with Crippen molar-refractivity contribution in [2.45, 2.75) is 91.0 Å². The summed E-state index contributed by atoms with van der Waals surface area (Å²) in [6.07, 6.45) is 18.0. The number of aliphatic hydroxyl groups is 2. The van der Waals surface area contributed by atoms with Crippen LogP contribution in [0.2, 0.25) is 0 Å². The highest BCUT2D eigenvalue weighted by Crippen LogP contribution is 2.69. The minimum absolute atomic E-state index is 0.296. The van der Waals surface area contributed by atoms with E-state index >= 15 is 0 Å². The molecule has 7 atom stereocenters. The normalized spacial score (nSPS) is 48.3. The smallest absolute Gasteiger partial charge is 0.300 e. The first-order valence-corrected chi connectivity index (χ1v) is 12.2. The lowest BCUT2D eigenvalue weighted by Crippen LogP contribution is -2.53. The van der Waals surface area contributed by atoms with Crippen LogP contribution in [0.15, 0.2) is 23.3 Å². The van der Waals surface area contributed by atoms with Gasteiger partial charge >= 0.3 is 0 Å². The zero-order valence-electron chi connectivity index (χ0n) is 18.6. The fourth-order valence-electron chi connectivity index (χ4n) is 9.11. The number of rotatable bonds is 2. The molecule has 3 heteroatoms. The van der Waals surface area contributed by atoms with Crippen molar-refractivity contribution in [3.8, 4) is 0 Å². The van der Waals surface area contributed by atoms with Crippen LogP contribution in [0.1, 0.15) is 85.0 Å². The van der Waals surface area contributed by atoms with Crippen molar-refractivity contribution in [1.29, 1.82) is 0 Å². The summed E-state index contributed by atoms with van der Waals surface area (Å²) in [5.41, 5.74) is 3.42. The Morgan fingerprint density at radius 1 is 1.00 bits per heavy atom. The molecule has 5 aliphatic rings.